The smallest absolute Gasteiger partial charge is 0.266 e. The monoisotopic (exact) mass is 533 g/mol. The first-order chi connectivity index (χ1) is 16.9. The average Bonchev–Trinajstić information content (AvgIpc) is 2.84. The van der Waals surface area contributed by atoms with Crippen LogP contribution >= 0.6 is 15.9 Å². The molecule has 0 saturated heterocycles. The molecule has 0 unspecified atom stereocenters. The Kier molecular flexibility index (Phi) is 9.04. The number of aryl methyl sites for hydroxylation is 1. The molecule has 35 heavy (non-hydrogen) atoms. The fourth-order valence-corrected chi connectivity index (χ4v) is 3.66. The van der Waals surface area contributed by atoms with E-state index in [1.165, 1.54) is 6.08 Å². The van der Waals surface area contributed by atoms with E-state index in [0.29, 0.717) is 39.5 Å². The highest BCUT2D eigenvalue weighted by Crippen LogP contribution is 2.37. The number of ether oxygens (including phenoxy) is 2. The molecule has 2 N–H and O–H groups in total. The van der Waals surface area contributed by atoms with Gasteiger partial charge in [0.05, 0.1) is 11.1 Å². The zero-order valence-electron chi connectivity index (χ0n) is 19.3. The molecule has 7 nitrogen and oxygen atoms in total. The van der Waals surface area contributed by atoms with Crippen molar-refractivity contribution in [2.75, 3.05) is 23.8 Å². The number of carbonyl (C=O) groups excluding carboxylic acids is 2. The molecule has 0 aliphatic heterocycles. The van der Waals surface area contributed by atoms with E-state index in [1.54, 1.807) is 36.4 Å². The average molecular weight is 534 g/mol. The number of amides is 2. The summed E-state index contributed by atoms with van der Waals surface area (Å²) < 4.78 is 11.9. The van der Waals surface area contributed by atoms with Crippen LogP contribution in [-0.4, -0.2) is 25.0 Å². The lowest BCUT2D eigenvalue weighted by atomic mass is 10.1. The number of hydrogen-bond acceptors (Lipinski definition) is 5. The van der Waals surface area contributed by atoms with Crippen molar-refractivity contribution in [3.63, 3.8) is 0 Å². The predicted octanol–water partition coefficient (Wildman–Crippen LogP) is 5.72. The summed E-state index contributed by atoms with van der Waals surface area (Å²) in [5, 5.41) is 15.0. The lowest BCUT2D eigenvalue weighted by Crippen LogP contribution is -2.20. The maximum atomic E-state index is 12.6. The number of rotatable bonds is 9. The molecular formula is C27H24BrN3O4. The maximum Gasteiger partial charge on any atom is 0.266 e. The van der Waals surface area contributed by atoms with Gasteiger partial charge in [-0.15, -0.1) is 0 Å². The van der Waals surface area contributed by atoms with Gasteiger partial charge in [-0.3, -0.25) is 9.59 Å². The van der Waals surface area contributed by atoms with Crippen molar-refractivity contribution in [3.8, 4) is 17.6 Å². The molecule has 0 aliphatic carbocycles. The molecule has 0 atom stereocenters. The molecule has 0 bridgehead atoms. The van der Waals surface area contributed by atoms with Gasteiger partial charge in [0.2, 0.25) is 0 Å². The van der Waals surface area contributed by atoms with Crippen molar-refractivity contribution in [1.82, 2.24) is 0 Å². The molecule has 0 spiro atoms. The fraction of sp³-hybridized carbons (Fsp3) is 0.148. The zero-order chi connectivity index (χ0) is 25.2. The number of benzene rings is 3. The van der Waals surface area contributed by atoms with Crippen LogP contribution in [0.4, 0.5) is 11.4 Å². The van der Waals surface area contributed by atoms with Gasteiger partial charge in [-0.2, -0.15) is 5.26 Å². The molecule has 3 rings (SSSR count). The van der Waals surface area contributed by atoms with Crippen molar-refractivity contribution in [2.24, 2.45) is 0 Å². The van der Waals surface area contributed by atoms with Crippen LogP contribution in [0.5, 0.6) is 11.5 Å². The topological polar surface area (TPSA) is 100 Å². The predicted molar refractivity (Wildman–Crippen MR) is 139 cm³/mol. The third kappa shape index (κ3) is 7.45. The van der Waals surface area contributed by atoms with Gasteiger partial charge < -0.3 is 20.1 Å². The molecule has 3 aromatic carbocycles. The summed E-state index contributed by atoms with van der Waals surface area (Å²) in [6.07, 6.45) is 1.46. The first-order valence-electron chi connectivity index (χ1n) is 10.8. The third-order valence-corrected chi connectivity index (χ3v) is 5.31. The molecular weight excluding hydrogens is 510 g/mol. The van der Waals surface area contributed by atoms with Crippen LogP contribution in [0.3, 0.4) is 0 Å². The lowest BCUT2D eigenvalue weighted by Gasteiger charge is -2.15. The van der Waals surface area contributed by atoms with Crippen LogP contribution in [-0.2, 0) is 9.59 Å². The molecule has 0 aliphatic rings. The van der Waals surface area contributed by atoms with Gasteiger partial charge in [-0.05, 0) is 77.8 Å². The van der Waals surface area contributed by atoms with Crippen molar-refractivity contribution < 1.29 is 19.1 Å². The Hall–Kier alpha value is -4.09. The summed E-state index contributed by atoms with van der Waals surface area (Å²) in [5.74, 6) is -0.135. The normalized spacial score (nSPS) is 10.7. The molecule has 0 heterocycles. The van der Waals surface area contributed by atoms with Crippen molar-refractivity contribution >= 4 is 45.2 Å². The lowest BCUT2D eigenvalue weighted by molar-refractivity contribution is -0.118. The van der Waals surface area contributed by atoms with Gasteiger partial charge in [-0.1, -0.05) is 35.9 Å². The number of nitrogens with zero attached hydrogens (tertiary/aromatic N) is 1. The Morgan fingerprint density at radius 3 is 2.34 bits per heavy atom. The van der Waals surface area contributed by atoms with Gasteiger partial charge in [0.25, 0.3) is 11.8 Å². The zero-order valence-corrected chi connectivity index (χ0v) is 20.9. The van der Waals surface area contributed by atoms with Crippen molar-refractivity contribution in [2.45, 2.75) is 13.8 Å². The molecule has 0 saturated carbocycles. The van der Waals surface area contributed by atoms with E-state index in [0.717, 1.165) is 5.56 Å². The largest absolute Gasteiger partial charge is 0.490 e. The Labute approximate surface area is 212 Å². The number of para-hydroxylation sites is 1. The minimum absolute atomic E-state index is 0.0733. The molecule has 178 valence electrons. The Balaban J connectivity index is 1.77. The minimum Gasteiger partial charge on any atom is -0.490 e. The summed E-state index contributed by atoms with van der Waals surface area (Å²) >= 11 is 3.44. The SMILES string of the molecule is CCOc1cc(/C=C(\C#N)C(=O)Nc2ccc(C)cc2)cc(Br)c1OCC(=O)Nc1ccccc1. The highest BCUT2D eigenvalue weighted by Gasteiger charge is 2.16. The molecule has 0 fully saturated rings. The number of halogens is 1. The van der Waals surface area contributed by atoms with E-state index in [9.17, 15) is 14.9 Å². The van der Waals surface area contributed by atoms with E-state index < -0.39 is 5.91 Å². The van der Waals surface area contributed by atoms with E-state index in [4.69, 9.17) is 9.47 Å². The third-order valence-electron chi connectivity index (χ3n) is 4.72. The highest BCUT2D eigenvalue weighted by atomic mass is 79.9. The van der Waals surface area contributed by atoms with Gasteiger partial charge in [-0.25, -0.2) is 0 Å². The number of carbonyl (C=O) groups is 2. The van der Waals surface area contributed by atoms with Gasteiger partial charge in [0.15, 0.2) is 18.1 Å². The number of anilines is 2. The minimum atomic E-state index is -0.525. The van der Waals surface area contributed by atoms with Crippen LogP contribution < -0.4 is 20.1 Å². The first kappa shape index (κ1) is 25.5. The standard InChI is InChI=1S/C27H24BrN3O4/c1-3-34-24-15-19(13-20(16-29)27(33)31-22-11-9-18(2)10-12-22)14-23(28)26(24)35-17-25(32)30-21-7-5-4-6-8-21/h4-15H,3,17H2,1-2H3,(H,30,32)(H,31,33)/b20-13+. The number of nitriles is 1. The first-order valence-corrected chi connectivity index (χ1v) is 11.6. The number of nitrogens with one attached hydrogen (secondary N) is 2. The van der Waals surface area contributed by atoms with E-state index in [1.807, 2.05) is 50.2 Å². The van der Waals surface area contributed by atoms with E-state index in [-0.39, 0.29) is 18.1 Å². The second-order valence-electron chi connectivity index (χ2n) is 7.46. The van der Waals surface area contributed by atoms with Crippen LogP contribution in [0.1, 0.15) is 18.1 Å². The summed E-state index contributed by atoms with van der Waals surface area (Å²) in [6.45, 7) is 3.89. The maximum absolute atomic E-state index is 12.6. The summed E-state index contributed by atoms with van der Waals surface area (Å²) in [5.41, 5.74) is 2.80. The quantitative estimate of drug-likeness (QED) is 0.270. The van der Waals surface area contributed by atoms with Crippen LogP contribution in [0.25, 0.3) is 6.08 Å². The van der Waals surface area contributed by atoms with Crippen LogP contribution in [0.2, 0.25) is 0 Å². The van der Waals surface area contributed by atoms with Crippen molar-refractivity contribution in [1.29, 1.82) is 5.26 Å². The molecule has 2 amide bonds. The Morgan fingerprint density at radius 1 is 1.00 bits per heavy atom. The summed E-state index contributed by atoms with van der Waals surface area (Å²) in [6, 6.07) is 21.6. The molecule has 3 aromatic rings. The van der Waals surface area contributed by atoms with E-state index >= 15 is 0 Å². The van der Waals surface area contributed by atoms with Crippen molar-refractivity contribution in [3.05, 3.63) is 87.9 Å². The van der Waals surface area contributed by atoms with Crippen LogP contribution in [0, 0.1) is 18.3 Å². The van der Waals surface area contributed by atoms with Gasteiger partial charge in [0, 0.05) is 11.4 Å². The highest BCUT2D eigenvalue weighted by molar-refractivity contribution is 9.10. The van der Waals surface area contributed by atoms with E-state index in [2.05, 4.69) is 26.6 Å². The molecule has 8 heteroatoms. The fourth-order valence-electron chi connectivity index (χ4n) is 3.08. The number of hydrogen-bond donors (Lipinski definition) is 2. The summed E-state index contributed by atoms with van der Waals surface area (Å²) in [4.78, 5) is 24.9. The van der Waals surface area contributed by atoms with Gasteiger partial charge in [0.1, 0.15) is 11.6 Å². The second kappa shape index (κ2) is 12.4. The Bertz CT molecular complexity index is 1270. The second-order valence-corrected chi connectivity index (χ2v) is 8.31. The molecule has 0 radical (unpaired) electrons. The Morgan fingerprint density at radius 2 is 1.69 bits per heavy atom. The van der Waals surface area contributed by atoms with Gasteiger partial charge >= 0.3 is 0 Å². The summed E-state index contributed by atoms with van der Waals surface area (Å²) in [7, 11) is 0. The van der Waals surface area contributed by atoms with Crippen LogP contribution in [0.15, 0.2) is 76.8 Å². The molecule has 0 aromatic heterocycles.